The van der Waals surface area contributed by atoms with E-state index in [4.69, 9.17) is 16.1 Å². The molecule has 102 valence electrons. The molecule has 0 saturated carbocycles. The normalized spacial score (nSPS) is 10.9. The third-order valence-corrected chi connectivity index (χ3v) is 3.28. The van der Waals surface area contributed by atoms with Gasteiger partial charge in [0.1, 0.15) is 5.76 Å². The van der Waals surface area contributed by atoms with Gasteiger partial charge < -0.3 is 14.8 Å². The van der Waals surface area contributed by atoms with Gasteiger partial charge in [-0.3, -0.25) is 4.79 Å². The summed E-state index contributed by atoms with van der Waals surface area (Å²) < 4.78 is 4.93. The van der Waals surface area contributed by atoms with Crippen molar-refractivity contribution in [3.63, 3.8) is 0 Å². The van der Waals surface area contributed by atoms with Crippen LogP contribution in [0.5, 0.6) is 0 Å². The minimum absolute atomic E-state index is 0.232. The lowest BCUT2D eigenvalue weighted by molar-refractivity contribution is 0.102. The van der Waals surface area contributed by atoms with E-state index in [2.05, 4.69) is 15.5 Å². The number of H-pyrrole nitrogens is 1. The molecule has 1 amide bonds. The average molecular weight is 290 g/mol. The van der Waals surface area contributed by atoms with Crippen molar-refractivity contribution < 1.29 is 9.32 Å². The third-order valence-electron chi connectivity index (χ3n) is 3.04. The van der Waals surface area contributed by atoms with Crippen LogP contribution in [0.2, 0.25) is 5.02 Å². The maximum atomic E-state index is 12.4. The lowest BCUT2D eigenvalue weighted by Crippen LogP contribution is -2.12. The summed E-state index contributed by atoms with van der Waals surface area (Å²) in [7, 11) is 0. The number of hydrogen-bond donors (Lipinski definition) is 2. The second kappa shape index (κ2) is 4.68. The number of aryl methyl sites for hydroxylation is 2. The Kier molecular flexibility index (Phi) is 2.99. The van der Waals surface area contributed by atoms with Gasteiger partial charge in [-0.15, -0.1) is 0 Å². The fourth-order valence-electron chi connectivity index (χ4n) is 2.20. The molecule has 0 aliphatic carbocycles. The summed E-state index contributed by atoms with van der Waals surface area (Å²) in [4.78, 5) is 15.5. The van der Waals surface area contributed by atoms with Crippen molar-refractivity contribution in [1.82, 2.24) is 10.1 Å². The standard InChI is InChI=1S/C14H12ClN3O2/c1-7-5-12(18-20-7)17-14(19)13-8(2)16-11-6-9(15)3-4-10(11)13/h3-6,16H,1-2H3,(H,17,18,19). The predicted octanol–water partition coefficient (Wildman–Crippen LogP) is 3.68. The van der Waals surface area contributed by atoms with E-state index >= 15 is 0 Å². The molecule has 2 N–H and O–H groups in total. The number of hydrogen-bond acceptors (Lipinski definition) is 3. The fraction of sp³-hybridized carbons (Fsp3) is 0.143. The molecule has 0 fully saturated rings. The zero-order valence-electron chi connectivity index (χ0n) is 11.0. The van der Waals surface area contributed by atoms with E-state index in [1.807, 2.05) is 13.0 Å². The van der Waals surface area contributed by atoms with Crippen LogP contribution in [-0.2, 0) is 0 Å². The van der Waals surface area contributed by atoms with Gasteiger partial charge in [-0.25, -0.2) is 0 Å². The Bertz CT molecular complexity index is 804. The van der Waals surface area contributed by atoms with Gasteiger partial charge in [0.2, 0.25) is 0 Å². The van der Waals surface area contributed by atoms with Crippen molar-refractivity contribution in [3.8, 4) is 0 Å². The van der Waals surface area contributed by atoms with Gasteiger partial charge in [0, 0.05) is 27.7 Å². The monoisotopic (exact) mass is 289 g/mol. The van der Waals surface area contributed by atoms with Gasteiger partial charge in [0.25, 0.3) is 5.91 Å². The highest BCUT2D eigenvalue weighted by Gasteiger charge is 2.17. The Morgan fingerprint density at radius 1 is 1.35 bits per heavy atom. The largest absolute Gasteiger partial charge is 0.360 e. The van der Waals surface area contributed by atoms with Gasteiger partial charge in [0.15, 0.2) is 5.82 Å². The van der Waals surface area contributed by atoms with Gasteiger partial charge >= 0.3 is 0 Å². The van der Waals surface area contributed by atoms with Crippen LogP contribution in [-0.4, -0.2) is 16.0 Å². The van der Waals surface area contributed by atoms with Crippen molar-refractivity contribution in [2.75, 3.05) is 5.32 Å². The molecule has 0 saturated heterocycles. The second-order valence-corrected chi connectivity index (χ2v) is 5.03. The minimum Gasteiger partial charge on any atom is -0.360 e. The van der Waals surface area contributed by atoms with Crippen LogP contribution in [0, 0.1) is 13.8 Å². The Morgan fingerprint density at radius 3 is 2.85 bits per heavy atom. The number of rotatable bonds is 2. The van der Waals surface area contributed by atoms with Crippen molar-refractivity contribution in [2.24, 2.45) is 0 Å². The molecule has 0 spiro atoms. The Balaban J connectivity index is 2.01. The number of carbonyl (C=O) groups is 1. The molecule has 0 radical (unpaired) electrons. The molecular formula is C14H12ClN3O2. The van der Waals surface area contributed by atoms with Crippen LogP contribution < -0.4 is 5.32 Å². The van der Waals surface area contributed by atoms with Gasteiger partial charge in [-0.1, -0.05) is 22.8 Å². The average Bonchev–Trinajstić information content (AvgIpc) is 2.91. The second-order valence-electron chi connectivity index (χ2n) is 4.59. The molecule has 0 bridgehead atoms. The van der Waals surface area contributed by atoms with Crippen molar-refractivity contribution in [1.29, 1.82) is 0 Å². The van der Waals surface area contributed by atoms with E-state index in [9.17, 15) is 4.79 Å². The number of aromatic amines is 1. The molecule has 2 aromatic heterocycles. The van der Waals surface area contributed by atoms with Crippen LogP contribution >= 0.6 is 11.6 Å². The summed E-state index contributed by atoms with van der Waals surface area (Å²) in [5, 5.41) is 7.91. The van der Waals surface area contributed by atoms with E-state index < -0.39 is 0 Å². The van der Waals surface area contributed by atoms with Crippen LogP contribution in [0.25, 0.3) is 10.9 Å². The van der Waals surface area contributed by atoms with Crippen molar-refractivity contribution in [2.45, 2.75) is 13.8 Å². The molecule has 0 atom stereocenters. The third kappa shape index (κ3) is 2.16. The molecular weight excluding hydrogens is 278 g/mol. The molecule has 3 aromatic rings. The topological polar surface area (TPSA) is 70.9 Å². The Labute approximate surface area is 119 Å². The molecule has 0 unspecified atom stereocenters. The zero-order chi connectivity index (χ0) is 14.3. The summed E-state index contributed by atoms with van der Waals surface area (Å²) in [5.74, 6) is 0.808. The molecule has 5 nitrogen and oxygen atoms in total. The molecule has 20 heavy (non-hydrogen) atoms. The quantitative estimate of drug-likeness (QED) is 0.756. The Hall–Kier alpha value is -2.27. The minimum atomic E-state index is -0.232. The molecule has 3 rings (SSSR count). The smallest absolute Gasteiger partial charge is 0.259 e. The van der Waals surface area contributed by atoms with Crippen LogP contribution in [0.15, 0.2) is 28.8 Å². The summed E-state index contributed by atoms with van der Waals surface area (Å²) in [5.41, 5.74) is 2.19. The first kappa shape index (κ1) is 12.7. The van der Waals surface area contributed by atoms with E-state index in [-0.39, 0.29) is 5.91 Å². The number of carbonyl (C=O) groups excluding carboxylic acids is 1. The first-order chi connectivity index (χ1) is 9.54. The maximum absolute atomic E-state index is 12.4. The summed E-state index contributed by atoms with van der Waals surface area (Å²) in [6, 6.07) is 7.04. The highest BCUT2D eigenvalue weighted by Crippen LogP contribution is 2.25. The van der Waals surface area contributed by atoms with Crippen molar-refractivity contribution in [3.05, 3.63) is 46.3 Å². The molecule has 0 aliphatic rings. The van der Waals surface area contributed by atoms with E-state index in [1.54, 1.807) is 25.1 Å². The number of nitrogens with one attached hydrogen (secondary N) is 2. The summed E-state index contributed by atoms with van der Waals surface area (Å²) in [6.45, 7) is 3.61. The number of aromatic nitrogens is 2. The fourth-order valence-corrected chi connectivity index (χ4v) is 2.37. The van der Waals surface area contributed by atoms with E-state index in [0.29, 0.717) is 22.2 Å². The maximum Gasteiger partial charge on any atom is 0.259 e. The number of benzene rings is 1. The van der Waals surface area contributed by atoms with Gasteiger partial charge in [0.05, 0.1) is 5.56 Å². The number of halogens is 1. The summed E-state index contributed by atoms with van der Waals surface area (Å²) >= 11 is 5.95. The molecule has 2 heterocycles. The van der Waals surface area contributed by atoms with Crippen LogP contribution in [0.4, 0.5) is 5.82 Å². The highest BCUT2D eigenvalue weighted by molar-refractivity contribution is 6.31. The molecule has 0 aliphatic heterocycles. The Morgan fingerprint density at radius 2 is 2.15 bits per heavy atom. The van der Waals surface area contributed by atoms with Crippen LogP contribution in [0.3, 0.4) is 0 Å². The first-order valence-corrected chi connectivity index (χ1v) is 6.45. The zero-order valence-corrected chi connectivity index (χ0v) is 11.7. The summed E-state index contributed by atoms with van der Waals surface area (Å²) in [6.07, 6.45) is 0. The predicted molar refractivity (Wildman–Crippen MR) is 77.2 cm³/mol. The lowest BCUT2D eigenvalue weighted by atomic mass is 10.1. The van der Waals surface area contributed by atoms with E-state index in [1.165, 1.54) is 0 Å². The van der Waals surface area contributed by atoms with Gasteiger partial charge in [-0.2, -0.15) is 0 Å². The van der Waals surface area contributed by atoms with Crippen LogP contribution in [0.1, 0.15) is 21.8 Å². The number of nitrogens with zero attached hydrogens (tertiary/aromatic N) is 1. The molecule has 6 heteroatoms. The van der Waals surface area contributed by atoms with E-state index in [0.717, 1.165) is 16.6 Å². The number of fused-ring (bicyclic) bond motifs is 1. The number of amides is 1. The SMILES string of the molecule is Cc1cc(NC(=O)c2c(C)[nH]c3cc(Cl)ccc23)no1. The van der Waals surface area contributed by atoms with Gasteiger partial charge in [-0.05, 0) is 26.0 Å². The lowest BCUT2D eigenvalue weighted by Gasteiger charge is -2.01. The highest BCUT2D eigenvalue weighted by atomic mass is 35.5. The molecule has 1 aromatic carbocycles. The first-order valence-electron chi connectivity index (χ1n) is 6.07. The number of anilines is 1. The van der Waals surface area contributed by atoms with Crippen molar-refractivity contribution >= 4 is 34.2 Å².